The molecule has 98 valence electrons. The lowest BCUT2D eigenvalue weighted by Gasteiger charge is -2.35. The Morgan fingerprint density at radius 2 is 1.94 bits per heavy atom. The van der Waals surface area contributed by atoms with Gasteiger partial charge < -0.3 is 15.2 Å². The predicted molar refractivity (Wildman–Crippen MR) is 61.7 cm³/mol. The van der Waals surface area contributed by atoms with Gasteiger partial charge in [0.1, 0.15) is 6.54 Å². The maximum Gasteiger partial charge on any atom is 0.322 e. The topological polar surface area (TPSA) is 78.9 Å². The van der Waals surface area contributed by atoms with E-state index in [9.17, 15) is 9.59 Å². The number of carboxylic acid groups (broad SMARTS) is 1. The van der Waals surface area contributed by atoms with Crippen LogP contribution < -0.4 is 5.32 Å². The number of aliphatic carboxylic acids is 1. The minimum absolute atomic E-state index is 0.181. The molecule has 1 aliphatic heterocycles. The molecular formula is C11H20N2O4. The molecule has 0 aromatic carbocycles. The fourth-order valence-corrected chi connectivity index (χ4v) is 1.99. The lowest BCUT2D eigenvalue weighted by atomic mass is 10.2. The van der Waals surface area contributed by atoms with E-state index in [1.807, 2.05) is 13.8 Å². The third kappa shape index (κ3) is 5.65. The van der Waals surface area contributed by atoms with Crippen LogP contribution in [0, 0.1) is 0 Å². The Bertz CT molecular complexity index is 273. The van der Waals surface area contributed by atoms with Gasteiger partial charge in [0.25, 0.3) is 0 Å². The molecule has 1 heterocycles. The molecule has 0 saturated carbocycles. The Morgan fingerprint density at radius 3 is 2.47 bits per heavy atom. The van der Waals surface area contributed by atoms with E-state index in [0.29, 0.717) is 13.0 Å². The van der Waals surface area contributed by atoms with Crippen molar-refractivity contribution in [2.45, 2.75) is 32.5 Å². The van der Waals surface area contributed by atoms with Gasteiger partial charge >= 0.3 is 5.97 Å². The summed E-state index contributed by atoms with van der Waals surface area (Å²) in [5.41, 5.74) is 0. The summed E-state index contributed by atoms with van der Waals surface area (Å²) in [6.07, 6.45) is 0.689. The van der Waals surface area contributed by atoms with E-state index in [2.05, 4.69) is 10.2 Å². The number of ether oxygens (including phenoxy) is 1. The van der Waals surface area contributed by atoms with E-state index in [1.165, 1.54) is 0 Å². The fourth-order valence-electron chi connectivity index (χ4n) is 1.99. The zero-order valence-electron chi connectivity index (χ0n) is 10.3. The average molecular weight is 244 g/mol. The zero-order chi connectivity index (χ0) is 12.8. The summed E-state index contributed by atoms with van der Waals surface area (Å²) in [5, 5.41) is 10.8. The molecule has 1 aliphatic rings. The monoisotopic (exact) mass is 244 g/mol. The molecule has 1 saturated heterocycles. The highest BCUT2D eigenvalue weighted by atomic mass is 16.5. The van der Waals surface area contributed by atoms with Crippen LogP contribution in [0.5, 0.6) is 0 Å². The van der Waals surface area contributed by atoms with E-state index >= 15 is 0 Å². The van der Waals surface area contributed by atoms with Gasteiger partial charge in [0.2, 0.25) is 5.91 Å². The van der Waals surface area contributed by atoms with Crippen molar-refractivity contribution in [1.82, 2.24) is 10.2 Å². The highest BCUT2D eigenvalue weighted by Crippen LogP contribution is 2.10. The average Bonchev–Trinajstić information content (AvgIpc) is 2.22. The van der Waals surface area contributed by atoms with E-state index in [-0.39, 0.29) is 24.7 Å². The summed E-state index contributed by atoms with van der Waals surface area (Å²) >= 11 is 0. The Hall–Kier alpha value is -1.14. The third-order valence-electron chi connectivity index (χ3n) is 2.59. The van der Waals surface area contributed by atoms with E-state index in [1.54, 1.807) is 0 Å². The first-order valence-corrected chi connectivity index (χ1v) is 5.83. The summed E-state index contributed by atoms with van der Waals surface area (Å²) in [7, 11) is 0. The van der Waals surface area contributed by atoms with Gasteiger partial charge in [-0.1, -0.05) is 0 Å². The number of morpholine rings is 1. The number of amides is 1. The van der Waals surface area contributed by atoms with Gasteiger partial charge in [-0.05, 0) is 13.8 Å². The first-order valence-electron chi connectivity index (χ1n) is 5.83. The number of hydrogen-bond donors (Lipinski definition) is 2. The van der Waals surface area contributed by atoms with Crippen molar-refractivity contribution in [2.75, 3.05) is 26.2 Å². The van der Waals surface area contributed by atoms with E-state index < -0.39 is 5.97 Å². The molecule has 2 N–H and O–H groups in total. The first kappa shape index (κ1) is 13.9. The highest BCUT2D eigenvalue weighted by molar-refractivity contribution is 5.81. The van der Waals surface area contributed by atoms with Crippen LogP contribution in [0.15, 0.2) is 0 Å². The van der Waals surface area contributed by atoms with Crippen LogP contribution in [0.4, 0.5) is 0 Å². The molecule has 1 amide bonds. The van der Waals surface area contributed by atoms with Crippen molar-refractivity contribution in [2.24, 2.45) is 0 Å². The van der Waals surface area contributed by atoms with Gasteiger partial charge in [-0.2, -0.15) is 0 Å². The molecule has 0 bridgehead atoms. The zero-order valence-corrected chi connectivity index (χ0v) is 10.3. The Kier molecular flexibility index (Phi) is 5.37. The number of carboxylic acids is 1. The molecule has 6 heteroatoms. The molecule has 0 radical (unpaired) electrons. The van der Waals surface area contributed by atoms with Crippen LogP contribution in [-0.4, -0.2) is 60.3 Å². The van der Waals surface area contributed by atoms with Gasteiger partial charge in [-0.25, -0.2) is 0 Å². The quantitative estimate of drug-likeness (QED) is 0.693. The number of carbonyl (C=O) groups excluding carboxylic acids is 1. The summed E-state index contributed by atoms with van der Waals surface area (Å²) in [5.74, 6) is -1.24. The second-order valence-corrected chi connectivity index (χ2v) is 4.44. The van der Waals surface area contributed by atoms with Gasteiger partial charge in [-0.15, -0.1) is 0 Å². The maximum absolute atomic E-state index is 11.3. The van der Waals surface area contributed by atoms with Crippen molar-refractivity contribution in [3.63, 3.8) is 0 Å². The normalized spacial score (nSPS) is 25.5. The lowest BCUT2D eigenvalue weighted by Crippen LogP contribution is -2.46. The number of hydrogen-bond acceptors (Lipinski definition) is 4. The first-order chi connectivity index (χ1) is 7.97. The Labute approximate surface area is 101 Å². The van der Waals surface area contributed by atoms with E-state index in [4.69, 9.17) is 9.84 Å². The van der Waals surface area contributed by atoms with Gasteiger partial charge in [0.15, 0.2) is 0 Å². The molecule has 2 atom stereocenters. The van der Waals surface area contributed by atoms with Crippen molar-refractivity contribution in [1.29, 1.82) is 0 Å². The van der Waals surface area contributed by atoms with Crippen molar-refractivity contribution in [3.05, 3.63) is 0 Å². The molecule has 0 spiro atoms. The molecule has 0 aliphatic carbocycles. The molecule has 17 heavy (non-hydrogen) atoms. The van der Waals surface area contributed by atoms with Gasteiger partial charge in [-0.3, -0.25) is 14.5 Å². The maximum atomic E-state index is 11.3. The SMILES string of the molecule is CC1CN(CCC(=O)NCC(=O)O)CC(C)O1. The minimum atomic E-state index is -1.02. The fraction of sp³-hybridized carbons (Fsp3) is 0.818. The standard InChI is InChI=1S/C11H20N2O4/c1-8-6-13(7-9(2)17-8)4-3-10(14)12-5-11(15)16/h8-9H,3-7H2,1-2H3,(H,12,14)(H,15,16). The number of nitrogens with zero attached hydrogens (tertiary/aromatic N) is 1. The molecule has 2 unspecified atom stereocenters. The summed E-state index contributed by atoms with van der Waals surface area (Å²) in [4.78, 5) is 23.7. The van der Waals surface area contributed by atoms with Crippen molar-refractivity contribution < 1.29 is 19.4 Å². The summed E-state index contributed by atoms with van der Waals surface area (Å²) in [6.45, 7) is 5.98. The third-order valence-corrected chi connectivity index (χ3v) is 2.59. The lowest BCUT2D eigenvalue weighted by molar-refractivity contribution is -0.138. The molecule has 0 aromatic heterocycles. The molecule has 1 rings (SSSR count). The smallest absolute Gasteiger partial charge is 0.322 e. The largest absolute Gasteiger partial charge is 0.480 e. The van der Waals surface area contributed by atoms with Crippen molar-refractivity contribution in [3.8, 4) is 0 Å². The minimum Gasteiger partial charge on any atom is -0.480 e. The second-order valence-electron chi connectivity index (χ2n) is 4.44. The second kappa shape index (κ2) is 6.56. The molecule has 1 fully saturated rings. The molecule has 0 aromatic rings. The van der Waals surface area contributed by atoms with Gasteiger partial charge in [0, 0.05) is 26.1 Å². The number of nitrogens with one attached hydrogen (secondary N) is 1. The molecule has 6 nitrogen and oxygen atoms in total. The van der Waals surface area contributed by atoms with E-state index in [0.717, 1.165) is 13.1 Å². The molecular weight excluding hydrogens is 224 g/mol. The van der Waals surface area contributed by atoms with Crippen LogP contribution in [0.2, 0.25) is 0 Å². The van der Waals surface area contributed by atoms with Crippen LogP contribution in [0.25, 0.3) is 0 Å². The van der Waals surface area contributed by atoms with Gasteiger partial charge in [0.05, 0.1) is 12.2 Å². The van der Waals surface area contributed by atoms with Crippen LogP contribution in [-0.2, 0) is 14.3 Å². The number of carbonyl (C=O) groups is 2. The number of rotatable bonds is 5. The van der Waals surface area contributed by atoms with Crippen LogP contribution in [0.3, 0.4) is 0 Å². The predicted octanol–water partition coefficient (Wildman–Crippen LogP) is -0.313. The van der Waals surface area contributed by atoms with Crippen molar-refractivity contribution >= 4 is 11.9 Å². The van der Waals surface area contributed by atoms with Crippen LogP contribution in [0.1, 0.15) is 20.3 Å². The summed E-state index contributed by atoms with van der Waals surface area (Å²) in [6, 6.07) is 0. The Morgan fingerprint density at radius 1 is 1.35 bits per heavy atom. The summed E-state index contributed by atoms with van der Waals surface area (Å²) < 4.78 is 5.58. The van der Waals surface area contributed by atoms with Crippen LogP contribution >= 0.6 is 0 Å². The Balaban J connectivity index is 2.21. The highest BCUT2D eigenvalue weighted by Gasteiger charge is 2.22.